The number of hydrogen-bond donors (Lipinski definition) is 0. The summed E-state index contributed by atoms with van der Waals surface area (Å²) in [5.41, 5.74) is 2.51. The summed E-state index contributed by atoms with van der Waals surface area (Å²) in [4.78, 5) is 30.6. The maximum atomic E-state index is 12.8. The lowest BCUT2D eigenvalue weighted by atomic mass is 9.89. The van der Waals surface area contributed by atoms with Crippen LogP contribution in [0.5, 0.6) is 0 Å². The molecule has 28 heavy (non-hydrogen) atoms. The molecule has 2 amide bonds. The van der Waals surface area contributed by atoms with Gasteiger partial charge in [-0.1, -0.05) is 24.3 Å². The van der Waals surface area contributed by atoms with Crippen molar-refractivity contribution in [2.45, 2.75) is 44.8 Å². The Morgan fingerprint density at radius 1 is 1.04 bits per heavy atom. The zero-order valence-corrected chi connectivity index (χ0v) is 16.9. The number of carbonyl (C=O) groups excluding carboxylic acids is 2. The molecule has 4 rings (SSSR count). The van der Waals surface area contributed by atoms with E-state index >= 15 is 0 Å². The summed E-state index contributed by atoms with van der Waals surface area (Å²) >= 11 is 0. The number of fused-ring (bicyclic) bond motifs is 1. The second kappa shape index (κ2) is 8.21. The van der Waals surface area contributed by atoms with Gasteiger partial charge in [0.2, 0.25) is 11.8 Å². The molecule has 6 nitrogen and oxygen atoms in total. The summed E-state index contributed by atoms with van der Waals surface area (Å²) in [6.45, 7) is 8.00. The van der Waals surface area contributed by atoms with Gasteiger partial charge in [0, 0.05) is 59.2 Å². The van der Waals surface area contributed by atoms with Crippen molar-refractivity contribution in [2.75, 3.05) is 45.9 Å². The number of hydrogen-bond acceptors (Lipinski definition) is 4. The molecular weight excluding hydrogens is 354 g/mol. The third kappa shape index (κ3) is 4.23. The standard InChI is InChI=1S/C22H31N3O3/c1-18(26)24-12-8-22(9-13-24)17-23(14-15-28-22)10-7-21(27)25-11-6-19-4-2-3-5-20(19)16-25/h2-5H,6-17H2,1H3. The molecule has 1 aromatic rings. The summed E-state index contributed by atoms with van der Waals surface area (Å²) in [5.74, 6) is 0.401. The number of morpholine rings is 1. The first kappa shape index (κ1) is 19.4. The molecule has 0 unspecified atom stereocenters. The molecule has 0 bridgehead atoms. The van der Waals surface area contributed by atoms with Crippen LogP contribution < -0.4 is 0 Å². The minimum absolute atomic E-state index is 0.142. The Kier molecular flexibility index (Phi) is 5.69. The van der Waals surface area contributed by atoms with Gasteiger partial charge in [0.1, 0.15) is 0 Å². The molecule has 0 saturated carbocycles. The zero-order valence-electron chi connectivity index (χ0n) is 16.9. The van der Waals surface area contributed by atoms with Crippen molar-refractivity contribution in [1.29, 1.82) is 0 Å². The van der Waals surface area contributed by atoms with Crippen molar-refractivity contribution in [3.05, 3.63) is 35.4 Å². The van der Waals surface area contributed by atoms with Crippen molar-refractivity contribution < 1.29 is 14.3 Å². The van der Waals surface area contributed by atoms with E-state index in [4.69, 9.17) is 4.74 Å². The SMILES string of the molecule is CC(=O)N1CCC2(CC1)CN(CCC(=O)N1CCc3ccccc3C1)CCO2. The summed E-state index contributed by atoms with van der Waals surface area (Å²) in [6.07, 6.45) is 3.30. The van der Waals surface area contributed by atoms with Crippen LogP contribution in [0.25, 0.3) is 0 Å². The second-order valence-corrected chi connectivity index (χ2v) is 8.40. The minimum atomic E-state index is -0.142. The fraction of sp³-hybridized carbons (Fsp3) is 0.636. The molecule has 3 aliphatic rings. The highest BCUT2D eigenvalue weighted by molar-refractivity contribution is 5.76. The van der Waals surface area contributed by atoms with Crippen LogP contribution in [-0.2, 0) is 27.3 Å². The Morgan fingerprint density at radius 3 is 2.54 bits per heavy atom. The van der Waals surface area contributed by atoms with Gasteiger partial charge in [-0.15, -0.1) is 0 Å². The molecule has 3 heterocycles. The van der Waals surface area contributed by atoms with Crippen LogP contribution in [0.2, 0.25) is 0 Å². The number of amides is 2. The van der Waals surface area contributed by atoms with E-state index in [1.807, 2.05) is 9.80 Å². The Labute approximate surface area is 167 Å². The van der Waals surface area contributed by atoms with Crippen molar-refractivity contribution in [1.82, 2.24) is 14.7 Å². The Morgan fingerprint density at radius 2 is 1.79 bits per heavy atom. The van der Waals surface area contributed by atoms with E-state index in [-0.39, 0.29) is 17.4 Å². The van der Waals surface area contributed by atoms with Gasteiger partial charge in [0.05, 0.1) is 12.2 Å². The van der Waals surface area contributed by atoms with Gasteiger partial charge in [-0.3, -0.25) is 14.5 Å². The number of nitrogens with zero attached hydrogens (tertiary/aromatic N) is 3. The number of piperidine rings is 1. The van der Waals surface area contributed by atoms with Gasteiger partial charge in [-0.2, -0.15) is 0 Å². The Balaban J connectivity index is 1.27. The van der Waals surface area contributed by atoms with Crippen molar-refractivity contribution in [3.8, 4) is 0 Å². The smallest absolute Gasteiger partial charge is 0.224 e. The number of likely N-dealkylation sites (tertiary alicyclic amines) is 1. The molecule has 3 aliphatic heterocycles. The average molecular weight is 386 g/mol. The van der Waals surface area contributed by atoms with Crippen LogP contribution in [0.1, 0.15) is 37.3 Å². The molecule has 0 N–H and O–H groups in total. The summed E-state index contributed by atoms with van der Waals surface area (Å²) in [6, 6.07) is 8.43. The lowest BCUT2D eigenvalue weighted by molar-refractivity contribution is -0.150. The topological polar surface area (TPSA) is 53.1 Å². The van der Waals surface area contributed by atoms with Crippen LogP contribution in [0.3, 0.4) is 0 Å². The van der Waals surface area contributed by atoms with E-state index in [9.17, 15) is 9.59 Å². The van der Waals surface area contributed by atoms with Crippen molar-refractivity contribution in [3.63, 3.8) is 0 Å². The van der Waals surface area contributed by atoms with E-state index in [0.29, 0.717) is 13.0 Å². The van der Waals surface area contributed by atoms with Crippen molar-refractivity contribution in [2.24, 2.45) is 0 Å². The van der Waals surface area contributed by atoms with Gasteiger partial charge in [0.15, 0.2) is 0 Å². The zero-order chi connectivity index (χ0) is 19.6. The minimum Gasteiger partial charge on any atom is -0.372 e. The second-order valence-electron chi connectivity index (χ2n) is 8.40. The van der Waals surface area contributed by atoms with E-state index in [2.05, 4.69) is 29.2 Å². The molecule has 1 spiro atoms. The number of benzene rings is 1. The molecule has 2 fully saturated rings. The molecule has 0 radical (unpaired) electrons. The Bertz CT molecular complexity index is 727. The summed E-state index contributed by atoms with van der Waals surface area (Å²) < 4.78 is 6.15. The quantitative estimate of drug-likeness (QED) is 0.794. The lowest BCUT2D eigenvalue weighted by Crippen LogP contribution is -2.57. The maximum absolute atomic E-state index is 12.8. The predicted octanol–water partition coefficient (Wildman–Crippen LogP) is 1.67. The van der Waals surface area contributed by atoms with Gasteiger partial charge >= 0.3 is 0 Å². The molecule has 0 atom stereocenters. The van der Waals surface area contributed by atoms with Crippen LogP contribution in [0.15, 0.2) is 24.3 Å². The van der Waals surface area contributed by atoms with Gasteiger partial charge in [-0.05, 0) is 30.4 Å². The van der Waals surface area contributed by atoms with Crippen LogP contribution >= 0.6 is 0 Å². The maximum Gasteiger partial charge on any atom is 0.224 e. The van der Waals surface area contributed by atoms with Crippen LogP contribution in [0, 0.1) is 0 Å². The summed E-state index contributed by atoms with van der Waals surface area (Å²) in [5, 5.41) is 0. The largest absolute Gasteiger partial charge is 0.372 e. The first-order chi connectivity index (χ1) is 13.5. The highest BCUT2D eigenvalue weighted by Crippen LogP contribution is 2.30. The predicted molar refractivity (Wildman–Crippen MR) is 107 cm³/mol. The number of rotatable bonds is 3. The van der Waals surface area contributed by atoms with E-state index in [0.717, 1.165) is 65.1 Å². The van der Waals surface area contributed by atoms with Crippen molar-refractivity contribution >= 4 is 11.8 Å². The molecular formula is C22H31N3O3. The van der Waals surface area contributed by atoms with Gasteiger partial charge < -0.3 is 14.5 Å². The van der Waals surface area contributed by atoms with E-state index < -0.39 is 0 Å². The number of ether oxygens (including phenoxy) is 1. The molecule has 6 heteroatoms. The highest BCUT2D eigenvalue weighted by atomic mass is 16.5. The van der Waals surface area contributed by atoms with Crippen LogP contribution in [0.4, 0.5) is 0 Å². The fourth-order valence-electron chi connectivity index (χ4n) is 4.77. The molecule has 2 saturated heterocycles. The van der Waals surface area contributed by atoms with E-state index in [1.54, 1.807) is 6.92 Å². The third-order valence-electron chi connectivity index (χ3n) is 6.57. The highest BCUT2D eigenvalue weighted by Gasteiger charge is 2.40. The third-order valence-corrected chi connectivity index (χ3v) is 6.57. The first-order valence-electron chi connectivity index (χ1n) is 10.5. The number of carbonyl (C=O) groups is 2. The van der Waals surface area contributed by atoms with Gasteiger partial charge in [0.25, 0.3) is 0 Å². The monoisotopic (exact) mass is 385 g/mol. The normalized spacial score (nSPS) is 22.2. The first-order valence-corrected chi connectivity index (χ1v) is 10.5. The average Bonchev–Trinajstić information content (AvgIpc) is 2.72. The van der Waals surface area contributed by atoms with Crippen LogP contribution in [-0.4, -0.2) is 78.0 Å². The lowest BCUT2D eigenvalue weighted by Gasteiger charge is -2.47. The van der Waals surface area contributed by atoms with E-state index in [1.165, 1.54) is 11.1 Å². The Hall–Kier alpha value is -1.92. The molecule has 1 aromatic carbocycles. The molecule has 152 valence electrons. The van der Waals surface area contributed by atoms with Gasteiger partial charge in [-0.25, -0.2) is 0 Å². The fourth-order valence-corrected chi connectivity index (χ4v) is 4.77. The summed E-state index contributed by atoms with van der Waals surface area (Å²) in [7, 11) is 0. The molecule has 0 aliphatic carbocycles. The molecule has 0 aromatic heterocycles.